The van der Waals surface area contributed by atoms with Crippen LogP contribution in [0.2, 0.25) is 0 Å². The van der Waals surface area contributed by atoms with Gasteiger partial charge in [-0.1, -0.05) is 66.7 Å². The molecule has 29 heavy (non-hydrogen) atoms. The van der Waals surface area contributed by atoms with Gasteiger partial charge < -0.3 is 23.7 Å². The first-order chi connectivity index (χ1) is 14.3. The van der Waals surface area contributed by atoms with Crippen molar-refractivity contribution in [2.24, 2.45) is 0 Å². The SMILES string of the molecule is C=CCO[C@H]1O[C@@H]2COC(c3ccccc3)O[C@H]2[C@H](OCc2ccccc2)C1=O. The van der Waals surface area contributed by atoms with E-state index in [4.69, 9.17) is 23.7 Å². The van der Waals surface area contributed by atoms with Crippen molar-refractivity contribution in [1.82, 2.24) is 0 Å². The lowest BCUT2D eigenvalue weighted by atomic mass is 9.98. The molecule has 0 bridgehead atoms. The lowest BCUT2D eigenvalue weighted by Gasteiger charge is -2.44. The quantitative estimate of drug-likeness (QED) is 0.670. The molecule has 2 aromatic carbocycles. The zero-order chi connectivity index (χ0) is 20.1. The van der Waals surface area contributed by atoms with Gasteiger partial charge in [0.25, 0.3) is 0 Å². The minimum absolute atomic E-state index is 0.202. The van der Waals surface area contributed by atoms with Gasteiger partial charge in [-0.25, -0.2) is 0 Å². The molecule has 5 atom stereocenters. The predicted octanol–water partition coefficient (Wildman–Crippen LogP) is 3.18. The maximum Gasteiger partial charge on any atom is 0.221 e. The van der Waals surface area contributed by atoms with E-state index in [1.54, 1.807) is 6.08 Å². The smallest absolute Gasteiger partial charge is 0.221 e. The van der Waals surface area contributed by atoms with E-state index in [0.29, 0.717) is 0 Å². The number of hydrogen-bond acceptors (Lipinski definition) is 6. The maximum atomic E-state index is 13.0. The number of carbonyl (C=O) groups excluding carboxylic acids is 1. The van der Waals surface area contributed by atoms with Gasteiger partial charge in [-0.3, -0.25) is 4.79 Å². The van der Waals surface area contributed by atoms with Gasteiger partial charge in [-0.05, 0) is 5.56 Å². The van der Waals surface area contributed by atoms with Crippen molar-refractivity contribution in [3.63, 3.8) is 0 Å². The Kier molecular flexibility index (Phi) is 6.49. The summed E-state index contributed by atoms with van der Waals surface area (Å²) in [7, 11) is 0. The Hall–Kier alpha value is -2.35. The molecule has 2 saturated heterocycles. The van der Waals surface area contributed by atoms with E-state index in [-0.39, 0.29) is 25.6 Å². The highest BCUT2D eigenvalue weighted by atomic mass is 16.8. The van der Waals surface area contributed by atoms with E-state index < -0.39 is 30.9 Å². The molecule has 0 aliphatic carbocycles. The van der Waals surface area contributed by atoms with Gasteiger partial charge in [0.1, 0.15) is 12.2 Å². The highest BCUT2D eigenvalue weighted by Gasteiger charge is 2.50. The fourth-order valence-corrected chi connectivity index (χ4v) is 3.45. The molecule has 0 amide bonds. The minimum Gasteiger partial charge on any atom is -0.363 e. The summed E-state index contributed by atoms with van der Waals surface area (Å²) in [6.45, 7) is 4.38. The Morgan fingerprint density at radius 1 is 1.00 bits per heavy atom. The molecule has 0 N–H and O–H groups in total. The molecule has 0 radical (unpaired) electrons. The van der Waals surface area contributed by atoms with E-state index in [9.17, 15) is 4.79 Å². The van der Waals surface area contributed by atoms with Gasteiger partial charge in [-0.15, -0.1) is 6.58 Å². The van der Waals surface area contributed by atoms with Crippen molar-refractivity contribution in [2.75, 3.05) is 13.2 Å². The number of Topliss-reactive ketones (excluding diaryl/α,β-unsaturated/α-hetero) is 1. The maximum absolute atomic E-state index is 13.0. The molecule has 0 saturated carbocycles. The summed E-state index contributed by atoms with van der Waals surface area (Å²) in [6.07, 6.45) is -1.92. The molecule has 2 heterocycles. The Bertz CT molecular complexity index is 809. The zero-order valence-electron chi connectivity index (χ0n) is 16.0. The van der Waals surface area contributed by atoms with Crippen LogP contribution in [0.4, 0.5) is 0 Å². The van der Waals surface area contributed by atoms with Crippen LogP contribution in [-0.4, -0.2) is 43.6 Å². The summed E-state index contributed by atoms with van der Waals surface area (Å²) in [5.41, 5.74) is 1.85. The van der Waals surface area contributed by atoms with Gasteiger partial charge in [0.05, 0.1) is 19.8 Å². The average molecular weight is 396 g/mol. The standard InChI is InChI=1S/C23H24O6/c1-2-13-25-23-19(24)21(26-14-16-9-5-3-6-10-16)20-18(28-23)15-27-22(29-20)17-11-7-4-8-12-17/h2-12,18,20-23H,1,13-15H2/t18-,20-,21-,22?,23+/m1/s1. The fraction of sp³-hybridized carbons (Fsp3) is 0.348. The predicted molar refractivity (Wildman–Crippen MR) is 105 cm³/mol. The Morgan fingerprint density at radius 3 is 2.45 bits per heavy atom. The molecule has 0 aromatic heterocycles. The molecular weight excluding hydrogens is 372 g/mol. The van der Waals surface area contributed by atoms with Crippen LogP contribution in [0, 0.1) is 0 Å². The molecule has 2 aliphatic rings. The first-order valence-electron chi connectivity index (χ1n) is 9.65. The Balaban J connectivity index is 1.52. The largest absolute Gasteiger partial charge is 0.363 e. The number of ether oxygens (including phenoxy) is 5. The monoisotopic (exact) mass is 396 g/mol. The van der Waals surface area contributed by atoms with Gasteiger partial charge >= 0.3 is 0 Å². The number of benzene rings is 2. The second kappa shape index (κ2) is 9.43. The van der Waals surface area contributed by atoms with E-state index in [2.05, 4.69) is 6.58 Å². The molecule has 2 fully saturated rings. The average Bonchev–Trinajstić information content (AvgIpc) is 2.78. The summed E-state index contributed by atoms with van der Waals surface area (Å²) in [5.74, 6) is -0.294. The summed E-state index contributed by atoms with van der Waals surface area (Å²) in [6, 6.07) is 19.3. The lowest BCUT2D eigenvalue weighted by molar-refractivity contribution is -0.322. The van der Waals surface area contributed by atoms with Crippen molar-refractivity contribution < 1.29 is 28.5 Å². The second-order valence-corrected chi connectivity index (χ2v) is 6.92. The topological polar surface area (TPSA) is 63.2 Å². The number of fused-ring (bicyclic) bond motifs is 1. The molecule has 6 heteroatoms. The third-order valence-electron chi connectivity index (χ3n) is 4.88. The highest BCUT2D eigenvalue weighted by Crippen LogP contribution is 2.34. The first-order valence-corrected chi connectivity index (χ1v) is 9.65. The van der Waals surface area contributed by atoms with Crippen LogP contribution < -0.4 is 0 Å². The molecule has 2 aliphatic heterocycles. The van der Waals surface area contributed by atoms with Crippen LogP contribution in [-0.2, 0) is 35.1 Å². The third-order valence-corrected chi connectivity index (χ3v) is 4.88. The molecule has 0 spiro atoms. The highest BCUT2D eigenvalue weighted by molar-refractivity contribution is 5.87. The van der Waals surface area contributed by atoms with E-state index >= 15 is 0 Å². The van der Waals surface area contributed by atoms with Gasteiger partial charge in [-0.2, -0.15) is 0 Å². The molecule has 1 unspecified atom stereocenters. The van der Waals surface area contributed by atoms with Crippen LogP contribution >= 0.6 is 0 Å². The number of hydrogen-bond donors (Lipinski definition) is 0. The van der Waals surface area contributed by atoms with Crippen molar-refractivity contribution in [2.45, 2.75) is 37.5 Å². The number of rotatable bonds is 7. The Labute approximate surface area is 170 Å². The minimum atomic E-state index is -1.03. The normalized spacial score (nSPS) is 29.2. The van der Waals surface area contributed by atoms with Gasteiger partial charge in [0.15, 0.2) is 12.4 Å². The van der Waals surface area contributed by atoms with E-state index in [1.165, 1.54) is 0 Å². The van der Waals surface area contributed by atoms with Crippen LogP contribution in [0.25, 0.3) is 0 Å². The van der Waals surface area contributed by atoms with Crippen molar-refractivity contribution in [3.05, 3.63) is 84.4 Å². The summed E-state index contributed by atoms with van der Waals surface area (Å²) >= 11 is 0. The Morgan fingerprint density at radius 2 is 1.72 bits per heavy atom. The van der Waals surface area contributed by atoms with E-state index in [0.717, 1.165) is 11.1 Å². The second-order valence-electron chi connectivity index (χ2n) is 6.92. The van der Waals surface area contributed by atoms with Crippen molar-refractivity contribution >= 4 is 5.78 Å². The van der Waals surface area contributed by atoms with Gasteiger partial charge in [0.2, 0.25) is 12.1 Å². The van der Waals surface area contributed by atoms with Crippen LogP contribution in [0.3, 0.4) is 0 Å². The van der Waals surface area contributed by atoms with Crippen LogP contribution in [0.15, 0.2) is 73.3 Å². The number of carbonyl (C=O) groups is 1. The summed E-state index contributed by atoms with van der Waals surface area (Å²) in [4.78, 5) is 13.0. The van der Waals surface area contributed by atoms with Crippen LogP contribution in [0.5, 0.6) is 0 Å². The number of ketones is 1. The molecule has 4 rings (SSSR count). The van der Waals surface area contributed by atoms with Gasteiger partial charge in [0, 0.05) is 5.56 Å². The molecule has 2 aromatic rings. The summed E-state index contributed by atoms with van der Waals surface area (Å²) < 4.78 is 29.3. The third kappa shape index (κ3) is 4.63. The lowest BCUT2D eigenvalue weighted by Crippen LogP contribution is -2.61. The first kappa shape index (κ1) is 19.9. The van der Waals surface area contributed by atoms with Crippen LogP contribution in [0.1, 0.15) is 17.4 Å². The fourth-order valence-electron chi connectivity index (χ4n) is 3.45. The van der Waals surface area contributed by atoms with Crippen molar-refractivity contribution in [1.29, 1.82) is 0 Å². The zero-order valence-corrected chi connectivity index (χ0v) is 16.0. The van der Waals surface area contributed by atoms with Crippen molar-refractivity contribution in [3.8, 4) is 0 Å². The molecular formula is C23H24O6. The summed E-state index contributed by atoms with van der Waals surface area (Å²) in [5, 5.41) is 0. The van der Waals surface area contributed by atoms with E-state index in [1.807, 2.05) is 60.7 Å². The molecule has 152 valence electrons. The molecule has 6 nitrogen and oxygen atoms in total.